The normalized spacial score (nSPS) is 22.2. The van der Waals surface area contributed by atoms with E-state index in [1.165, 1.54) is 12.1 Å². The van der Waals surface area contributed by atoms with Crippen LogP contribution in [0.2, 0.25) is 0 Å². The zero-order valence-electron chi connectivity index (χ0n) is 10.8. The lowest BCUT2D eigenvalue weighted by atomic mass is 9.99. The summed E-state index contributed by atoms with van der Waals surface area (Å²) in [5.41, 5.74) is 0.417. The summed E-state index contributed by atoms with van der Waals surface area (Å²) in [7, 11) is 0. The highest BCUT2D eigenvalue weighted by atomic mass is 16.6. The molecule has 1 heterocycles. The van der Waals surface area contributed by atoms with E-state index in [9.17, 15) is 14.9 Å². The van der Waals surface area contributed by atoms with Crippen molar-refractivity contribution in [1.29, 1.82) is 0 Å². The van der Waals surface area contributed by atoms with Gasteiger partial charge in [-0.15, -0.1) is 0 Å². The number of benzene rings is 1. The third-order valence-corrected chi connectivity index (χ3v) is 3.47. The Kier molecular flexibility index (Phi) is 3.80. The number of hydrogen-bond acceptors (Lipinski definition) is 4. The van der Waals surface area contributed by atoms with E-state index in [0.717, 1.165) is 24.9 Å². The van der Waals surface area contributed by atoms with Gasteiger partial charge in [0.15, 0.2) is 0 Å². The van der Waals surface area contributed by atoms with Gasteiger partial charge in [0.1, 0.15) is 0 Å². The number of carbonyl (C=O) groups excluding carboxylic acids is 1. The van der Waals surface area contributed by atoms with Crippen LogP contribution in [0.4, 0.5) is 5.69 Å². The number of hydrogen-bond donors (Lipinski definition) is 2. The molecular weight excluding hydrogens is 246 g/mol. The molecule has 2 N–H and O–H groups in total. The Morgan fingerprint density at radius 3 is 2.68 bits per heavy atom. The van der Waals surface area contributed by atoms with Crippen molar-refractivity contribution in [3.63, 3.8) is 0 Å². The van der Waals surface area contributed by atoms with Crippen LogP contribution < -0.4 is 10.6 Å². The highest BCUT2D eigenvalue weighted by Crippen LogP contribution is 2.18. The molecule has 1 amide bonds. The van der Waals surface area contributed by atoms with Crippen LogP contribution in [0.5, 0.6) is 0 Å². The number of amides is 1. The van der Waals surface area contributed by atoms with Gasteiger partial charge in [0, 0.05) is 18.7 Å². The molecule has 1 unspecified atom stereocenters. The van der Waals surface area contributed by atoms with Gasteiger partial charge in [-0.3, -0.25) is 14.9 Å². The number of nitro groups is 1. The molecule has 0 saturated carbocycles. The summed E-state index contributed by atoms with van der Waals surface area (Å²) in [6.45, 7) is 3.14. The number of carbonyl (C=O) groups is 1. The average Bonchev–Trinajstić information content (AvgIpc) is 2.84. The van der Waals surface area contributed by atoms with E-state index >= 15 is 0 Å². The van der Waals surface area contributed by atoms with Crippen LogP contribution in [-0.4, -0.2) is 22.9 Å². The molecule has 0 radical (unpaired) electrons. The van der Waals surface area contributed by atoms with Gasteiger partial charge in [-0.25, -0.2) is 0 Å². The average molecular weight is 263 g/mol. The van der Waals surface area contributed by atoms with E-state index in [-0.39, 0.29) is 11.6 Å². The van der Waals surface area contributed by atoms with Gasteiger partial charge >= 0.3 is 0 Å². The second-order valence-corrected chi connectivity index (χ2v) is 4.97. The molecule has 1 aromatic carbocycles. The Balaban J connectivity index is 1.91. The van der Waals surface area contributed by atoms with Crippen LogP contribution >= 0.6 is 0 Å². The van der Waals surface area contributed by atoms with Gasteiger partial charge in [0.2, 0.25) is 5.91 Å². The summed E-state index contributed by atoms with van der Waals surface area (Å²) in [6, 6.07) is 6.19. The number of nitrogens with zero attached hydrogens (tertiary/aromatic N) is 1. The zero-order valence-corrected chi connectivity index (χ0v) is 10.8. The van der Waals surface area contributed by atoms with Gasteiger partial charge in [0.25, 0.3) is 5.69 Å². The first-order chi connectivity index (χ1) is 9.01. The van der Waals surface area contributed by atoms with Gasteiger partial charge in [-0.2, -0.15) is 0 Å². The summed E-state index contributed by atoms with van der Waals surface area (Å²) in [4.78, 5) is 22.1. The summed E-state index contributed by atoms with van der Waals surface area (Å²) in [6.07, 6.45) is 1.83. The SMILES string of the molecule is CC1(C(=O)NCc2ccc([N+](=O)[O-])cc2)CCCN1. The second kappa shape index (κ2) is 5.36. The predicted molar refractivity (Wildman–Crippen MR) is 70.6 cm³/mol. The molecule has 0 aromatic heterocycles. The molecule has 102 valence electrons. The van der Waals surface area contributed by atoms with Crippen LogP contribution in [0.25, 0.3) is 0 Å². The van der Waals surface area contributed by atoms with Crippen molar-refractivity contribution in [1.82, 2.24) is 10.6 Å². The molecule has 1 aliphatic heterocycles. The molecule has 6 nitrogen and oxygen atoms in total. The standard InChI is InChI=1S/C13H17N3O3/c1-13(7-2-8-15-13)12(17)14-9-10-3-5-11(6-4-10)16(18)19/h3-6,15H,2,7-9H2,1H3,(H,14,17). The fraction of sp³-hybridized carbons (Fsp3) is 0.462. The van der Waals surface area contributed by atoms with Crippen LogP contribution in [-0.2, 0) is 11.3 Å². The molecule has 0 spiro atoms. The largest absolute Gasteiger partial charge is 0.350 e. The lowest BCUT2D eigenvalue weighted by Gasteiger charge is -2.23. The maximum Gasteiger partial charge on any atom is 0.269 e. The van der Waals surface area contributed by atoms with E-state index < -0.39 is 10.5 Å². The topological polar surface area (TPSA) is 84.3 Å². The third kappa shape index (κ3) is 3.08. The molecule has 1 saturated heterocycles. The zero-order chi connectivity index (χ0) is 13.9. The summed E-state index contributed by atoms with van der Waals surface area (Å²) in [5.74, 6) is -0.0247. The minimum absolute atomic E-state index is 0.0247. The Morgan fingerprint density at radius 1 is 1.47 bits per heavy atom. The van der Waals surface area contributed by atoms with Crippen molar-refractivity contribution in [3.05, 3.63) is 39.9 Å². The third-order valence-electron chi connectivity index (χ3n) is 3.47. The summed E-state index contributed by atoms with van der Waals surface area (Å²) in [5, 5.41) is 16.6. The number of rotatable bonds is 4. The van der Waals surface area contributed by atoms with Crippen molar-refractivity contribution in [2.24, 2.45) is 0 Å². The minimum atomic E-state index is -0.485. The molecule has 0 aliphatic carbocycles. The predicted octanol–water partition coefficient (Wildman–Crippen LogP) is 1.35. The van der Waals surface area contributed by atoms with Gasteiger partial charge in [0.05, 0.1) is 10.5 Å². The molecular formula is C13H17N3O3. The van der Waals surface area contributed by atoms with Crippen LogP contribution in [0.3, 0.4) is 0 Å². The molecule has 1 aliphatic rings. The van der Waals surface area contributed by atoms with E-state index in [0.29, 0.717) is 6.54 Å². The Bertz CT molecular complexity index is 478. The lowest BCUT2D eigenvalue weighted by Crippen LogP contribution is -2.50. The first-order valence-electron chi connectivity index (χ1n) is 6.28. The molecule has 6 heteroatoms. The molecule has 19 heavy (non-hydrogen) atoms. The highest BCUT2D eigenvalue weighted by Gasteiger charge is 2.35. The lowest BCUT2D eigenvalue weighted by molar-refractivity contribution is -0.384. The Hall–Kier alpha value is -1.95. The van der Waals surface area contributed by atoms with E-state index in [1.54, 1.807) is 12.1 Å². The first kappa shape index (κ1) is 13.5. The number of nitrogens with one attached hydrogen (secondary N) is 2. The Labute approximate surface area is 111 Å². The quantitative estimate of drug-likeness (QED) is 0.634. The first-order valence-corrected chi connectivity index (χ1v) is 6.28. The van der Waals surface area contributed by atoms with Crippen molar-refractivity contribution in [2.75, 3.05) is 6.54 Å². The van der Waals surface area contributed by atoms with E-state index in [1.807, 2.05) is 6.92 Å². The molecule has 0 bridgehead atoms. The van der Waals surface area contributed by atoms with Gasteiger partial charge < -0.3 is 10.6 Å². The molecule has 1 aromatic rings. The van der Waals surface area contributed by atoms with Crippen LogP contribution in [0.1, 0.15) is 25.3 Å². The summed E-state index contributed by atoms with van der Waals surface area (Å²) >= 11 is 0. The summed E-state index contributed by atoms with van der Waals surface area (Å²) < 4.78 is 0. The highest BCUT2D eigenvalue weighted by molar-refractivity contribution is 5.86. The second-order valence-electron chi connectivity index (χ2n) is 4.97. The number of nitro benzene ring substituents is 1. The molecule has 1 fully saturated rings. The van der Waals surface area contributed by atoms with Crippen molar-refractivity contribution >= 4 is 11.6 Å². The monoisotopic (exact) mass is 263 g/mol. The van der Waals surface area contributed by atoms with Gasteiger partial charge in [-0.1, -0.05) is 12.1 Å². The van der Waals surface area contributed by atoms with E-state index in [2.05, 4.69) is 10.6 Å². The molecule has 1 atom stereocenters. The fourth-order valence-electron chi connectivity index (χ4n) is 2.20. The number of non-ortho nitro benzene ring substituents is 1. The van der Waals surface area contributed by atoms with Crippen LogP contribution in [0, 0.1) is 10.1 Å². The fourth-order valence-corrected chi connectivity index (χ4v) is 2.20. The van der Waals surface area contributed by atoms with Crippen molar-refractivity contribution in [2.45, 2.75) is 31.8 Å². The maximum atomic E-state index is 12.0. The van der Waals surface area contributed by atoms with Crippen LogP contribution in [0.15, 0.2) is 24.3 Å². The van der Waals surface area contributed by atoms with Gasteiger partial charge in [-0.05, 0) is 31.9 Å². The Morgan fingerprint density at radius 2 is 2.16 bits per heavy atom. The maximum absolute atomic E-state index is 12.0. The molecule has 2 rings (SSSR count). The smallest absolute Gasteiger partial charge is 0.269 e. The minimum Gasteiger partial charge on any atom is -0.350 e. The van der Waals surface area contributed by atoms with Crippen molar-refractivity contribution < 1.29 is 9.72 Å². The van der Waals surface area contributed by atoms with Crippen molar-refractivity contribution in [3.8, 4) is 0 Å². The van der Waals surface area contributed by atoms with E-state index in [4.69, 9.17) is 0 Å².